The second-order valence-electron chi connectivity index (χ2n) is 20.7. The number of anilines is 4. The van der Waals surface area contributed by atoms with E-state index in [4.69, 9.17) is 14.1 Å². The van der Waals surface area contributed by atoms with Crippen molar-refractivity contribution in [2.75, 3.05) is 9.80 Å². The van der Waals surface area contributed by atoms with Gasteiger partial charge in [0.1, 0.15) is 17.0 Å². The quantitative estimate of drug-likeness (QED) is 0.155. The summed E-state index contributed by atoms with van der Waals surface area (Å²) in [5.41, 5.74) is 13.4. The molecule has 338 valence electrons. The Balaban J connectivity index is 0.00000525. The van der Waals surface area contributed by atoms with Gasteiger partial charge in [-0.15, -0.1) is 48.1 Å². The molecule has 0 aliphatic carbocycles. The van der Waals surface area contributed by atoms with E-state index in [2.05, 4.69) is 211 Å². The van der Waals surface area contributed by atoms with Crippen LogP contribution in [0.3, 0.4) is 0 Å². The molecule has 3 aromatic heterocycles. The van der Waals surface area contributed by atoms with Crippen LogP contribution >= 0.6 is 0 Å². The molecule has 67 heavy (non-hydrogen) atoms. The molecule has 0 spiro atoms. The molecule has 7 heteroatoms. The van der Waals surface area contributed by atoms with Gasteiger partial charge < -0.3 is 23.5 Å². The topological polar surface area (TPSA) is 46.7 Å². The van der Waals surface area contributed by atoms with Crippen LogP contribution in [0.25, 0.3) is 60.7 Å². The zero-order chi connectivity index (χ0) is 45.7. The van der Waals surface area contributed by atoms with Crippen LogP contribution in [0.4, 0.5) is 22.7 Å². The molecule has 0 saturated carbocycles. The molecule has 0 atom stereocenters. The molecular formula is C60H53N4O2Pt-3. The Bertz CT molecular complexity index is 3490. The third-order valence-corrected chi connectivity index (χ3v) is 13.0. The van der Waals surface area contributed by atoms with Gasteiger partial charge in [-0.05, 0) is 80.8 Å². The van der Waals surface area contributed by atoms with Crippen LogP contribution in [0.1, 0.15) is 79.0 Å². The van der Waals surface area contributed by atoms with Crippen LogP contribution in [-0.2, 0) is 37.3 Å². The Morgan fingerprint density at radius 2 is 1.21 bits per heavy atom. The van der Waals surface area contributed by atoms with Crippen LogP contribution in [0.5, 0.6) is 11.5 Å². The molecule has 10 aromatic rings. The van der Waals surface area contributed by atoms with E-state index in [-0.39, 0.29) is 37.3 Å². The first-order valence-electron chi connectivity index (χ1n) is 22.9. The van der Waals surface area contributed by atoms with E-state index in [0.717, 1.165) is 83.4 Å². The first kappa shape index (κ1) is 44.2. The summed E-state index contributed by atoms with van der Waals surface area (Å²) in [6, 6.07) is 58.6. The fourth-order valence-electron chi connectivity index (χ4n) is 9.33. The molecule has 1 aliphatic rings. The Kier molecular flexibility index (Phi) is 10.8. The predicted octanol–water partition coefficient (Wildman–Crippen LogP) is 16.4. The maximum Gasteiger partial charge on any atom is 0.143 e. The monoisotopic (exact) mass is 1060 g/mol. The summed E-state index contributed by atoms with van der Waals surface area (Å²) in [6.45, 7) is 22.6. The van der Waals surface area contributed by atoms with Gasteiger partial charge >= 0.3 is 0 Å². The van der Waals surface area contributed by atoms with Crippen molar-refractivity contribution in [1.82, 2.24) is 9.55 Å². The molecule has 11 rings (SSSR count). The van der Waals surface area contributed by atoms with Crippen molar-refractivity contribution in [2.24, 2.45) is 0 Å². The van der Waals surface area contributed by atoms with Crippen LogP contribution in [-0.4, -0.2) is 9.55 Å². The van der Waals surface area contributed by atoms with Crippen molar-refractivity contribution >= 4 is 66.5 Å². The molecule has 0 fully saturated rings. The van der Waals surface area contributed by atoms with E-state index in [1.807, 2.05) is 36.5 Å². The second-order valence-corrected chi connectivity index (χ2v) is 20.7. The van der Waals surface area contributed by atoms with Gasteiger partial charge in [0.15, 0.2) is 0 Å². The Morgan fingerprint density at radius 1 is 0.552 bits per heavy atom. The molecule has 0 unspecified atom stereocenters. The minimum atomic E-state index is -0.0710. The van der Waals surface area contributed by atoms with E-state index in [1.54, 1.807) is 0 Å². The van der Waals surface area contributed by atoms with E-state index in [0.29, 0.717) is 11.5 Å². The summed E-state index contributed by atoms with van der Waals surface area (Å²) in [5, 5.41) is 4.42. The number of furan rings is 1. The van der Waals surface area contributed by atoms with Crippen molar-refractivity contribution in [3.63, 3.8) is 0 Å². The number of rotatable bonds is 6. The van der Waals surface area contributed by atoms with Crippen molar-refractivity contribution < 1.29 is 30.2 Å². The molecule has 6 nitrogen and oxygen atoms in total. The van der Waals surface area contributed by atoms with Crippen LogP contribution in [0.2, 0.25) is 0 Å². The molecule has 0 N–H and O–H groups in total. The largest absolute Gasteiger partial charge is 0.509 e. The number of para-hydroxylation sites is 4. The summed E-state index contributed by atoms with van der Waals surface area (Å²) < 4.78 is 15.6. The van der Waals surface area contributed by atoms with Gasteiger partial charge in [-0.2, -0.15) is 12.1 Å². The maximum atomic E-state index is 6.72. The molecule has 0 radical (unpaired) electrons. The summed E-state index contributed by atoms with van der Waals surface area (Å²) in [7, 11) is 0. The number of ether oxygens (including phenoxy) is 1. The average molecular weight is 1060 g/mol. The average Bonchev–Trinajstić information content (AvgIpc) is 3.98. The van der Waals surface area contributed by atoms with E-state index >= 15 is 0 Å². The normalized spacial score (nSPS) is 13.2. The van der Waals surface area contributed by atoms with Crippen LogP contribution < -0.4 is 14.5 Å². The molecular weight excluding hydrogens is 1000 g/mol. The van der Waals surface area contributed by atoms with E-state index in [9.17, 15) is 0 Å². The number of pyridine rings is 1. The Labute approximate surface area is 408 Å². The molecule has 7 aromatic carbocycles. The van der Waals surface area contributed by atoms with Crippen molar-refractivity contribution in [3.8, 4) is 28.4 Å². The number of benzene rings is 7. The first-order chi connectivity index (χ1) is 31.6. The van der Waals surface area contributed by atoms with Crippen LogP contribution in [0, 0.1) is 18.8 Å². The number of fused-ring (bicyclic) bond motifs is 7. The van der Waals surface area contributed by atoms with E-state index < -0.39 is 0 Å². The summed E-state index contributed by atoms with van der Waals surface area (Å²) >= 11 is 0. The number of aromatic nitrogens is 2. The van der Waals surface area contributed by atoms with Crippen molar-refractivity contribution in [2.45, 2.75) is 78.6 Å². The Morgan fingerprint density at radius 3 is 1.97 bits per heavy atom. The smallest absolute Gasteiger partial charge is 0.143 e. The molecule has 0 saturated heterocycles. The third-order valence-electron chi connectivity index (χ3n) is 13.0. The fourth-order valence-corrected chi connectivity index (χ4v) is 9.33. The molecule has 1 aliphatic heterocycles. The van der Waals surface area contributed by atoms with Gasteiger partial charge in [-0.1, -0.05) is 141 Å². The summed E-state index contributed by atoms with van der Waals surface area (Å²) in [4.78, 5) is 9.45. The van der Waals surface area contributed by atoms with Crippen LogP contribution in [0.15, 0.2) is 156 Å². The summed E-state index contributed by atoms with van der Waals surface area (Å²) in [5.74, 6) is 2.02. The minimum absolute atomic E-state index is 0. The SMILES string of the molecule is CC(C)(C)c1cc(N2[CH-]N(c3[c-]c(Oc4[c-]c5c(cc4)c4ccccc4n5-c4cc(C(C)(C)C)ccn4)ccc3)c3cccc(-c4cccc5c4oc4ccccc45)c32)cc(C(C)(C)C)c1.[Pt]. The fraction of sp³-hybridized carbons (Fsp3) is 0.200. The number of hydrogen-bond donors (Lipinski definition) is 0. The number of nitrogens with zero attached hydrogens (tertiary/aromatic N) is 4. The van der Waals surface area contributed by atoms with E-state index in [1.165, 1.54) is 16.7 Å². The van der Waals surface area contributed by atoms with Gasteiger partial charge in [0.25, 0.3) is 0 Å². The van der Waals surface area contributed by atoms with Crippen molar-refractivity contribution in [3.05, 3.63) is 187 Å². The van der Waals surface area contributed by atoms with Gasteiger partial charge in [-0.3, -0.25) is 0 Å². The molecule has 4 heterocycles. The van der Waals surface area contributed by atoms with Gasteiger partial charge in [0, 0.05) is 83.2 Å². The number of hydrogen-bond acceptors (Lipinski definition) is 5. The standard InChI is InChI=1S/C60H53N4O2.Pt/c1-58(2,3)38-29-30-61-55(34-38)64-51-24-12-10-19-45(51)46-28-27-44(36-53(46)64)65-43-18-14-17-41(35-43)62-37-63(42-32-39(59(4,5)6)31-40(33-42)60(7,8)9)56-48(21-16-25-52(56)62)50-23-15-22-49-47-20-11-13-26-54(47)66-57(49)50;/h10-34,37H,1-9H3;/q-3;. The zero-order valence-electron chi connectivity index (χ0n) is 39.4. The molecule has 0 amide bonds. The molecule has 0 bridgehead atoms. The Hall–Kier alpha value is -6.62. The second kappa shape index (κ2) is 16.3. The zero-order valence-corrected chi connectivity index (χ0v) is 41.7. The summed E-state index contributed by atoms with van der Waals surface area (Å²) in [6.07, 6.45) is 1.90. The van der Waals surface area contributed by atoms with Crippen molar-refractivity contribution in [1.29, 1.82) is 0 Å². The third kappa shape index (κ3) is 7.79. The van der Waals surface area contributed by atoms with Gasteiger partial charge in [-0.25, -0.2) is 4.98 Å². The minimum Gasteiger partial charge on any atom is -0.509 e. The predicted molar refractivity (Wildman–Crippen MR) is 273 cm³/mol. The first-order valence-corrected chi connectivity index (χ1v) is 22.9. The maximum absolute atomic E-state index is 6.72. The van der Waals surface area contributed by atoms with Gasteiger partial charge in [0.2, 0.25) is 0 Å². The van der Waals surface area contributed by atoms with Gasteiger partial charge in [0.05, 0.1) is 0 Å².